The molecule has 0 aliphatic carbocycles. The van der Waals surface area contributed by atoms with E-state index in [4.69, 9.17) is 9.47 Å². The molecule has 0 fully saturated rings. The standard InChI is InChI=1S/C30H28F3N5O4S/c1-38-30-21-14-19(5-6-23(21)31)42-28-22(20-7-8-34-27(20)24(32)25(28)33)16-43(40)12-11-41-10-9-35-26(29(36-30)37-38)18-4-2-3-17(13-18)15-39/h2-8,13-14,26,34-35,39H,9-12,15-16H2,1H3. The molecule has 0 amide bonds. The summed E-state index contributed by atoms with van der Waals surface area (Å²) in [6, 6.07) is 12.1. The number of nitrogens with one attached hydrogen (secondary N) is 2. The van der Waals surface area contributed by atoms with Crippen LogP contribution in [0.3, 0.4) is 0 Å². The lowest BCUT2D eigenvalue weighted by molar-refractivity contribution is 0.149. The summed E-state index contributed by atoms with van der Waals surface area (Å²) in [7, 11) is 0.115. The first-order chi connectivity index (χ1) is 20.8. The zero-order valence-corrected chi connectivity index (χ0v) is 23.9. The lowest BCUT2D eigenvalue weighted by Crippen LogP contribution is -2.28. The Labute approximate surface area is 247 Å². The normalized spacial score (nSPS) is 18.1. The number of rotatable bonds is 2. The van der Waals surface area contributed by atoms with Gasteiger partial charge in [0, 0.05) is 47.3 Å². The summed E-state index contributed by atoms with van der Waals surface area (Å²) in [5, 5.41) is 17.9. The Hall–Kier alpha value is -4.04. The van der Waals surface area contributed by atoms with Crippen LogP contribution in [-0.2, 0) is 34.9 Å². The number of nitrogens with zero attached hydrogens (tertiary/aromatic N) is 3. The van der Waals surface area contributed by atoms with Gasteiger partial charge < -0.3 is 24.9 Å². The monoisotopic (exact) mass is 611 g/mol. The van der Waals surface area contributed by atoms with E-state index >= 15 is 13.2 Å². The summed E-state index contributed by atoms with van der Waals surface area (Å²) in [5.74, 6) is -2.87. The number of benzene rings is 3. The van der Waals surface area contributed by atoms with Gasteiger partial charge >= 0.3 is 0 Å². The third-order valence-corrected chi connectivity index (χ3v) is 8.45. The number of halogens is 3. The highest BCUT2D eigenvalue weighted by Crippen LogP contribution is 2.38. The molecular formula is C30H28F3N5O4S. The van der Waals surface area contributed by atoms with Gasteiger partial charge in [-0.1, -0.05) is 24.3 Å². The maximum absolute atomic E-state index is 15.4. The van der Waals surface area contributed by atoms with Gasteiger partial charge in [0.25, 0.3) is 0 Å². The smallest absolute Gasteiger partial charge is 0.203 e. The molecule has 3 N–H and O–H groups in total. The topological polar surface area (TPSA) is 114 Å². The predicted octanol–water partition coefficient (Wildman–Crippen LogP) is 4.62. The molecule has 9 nitrogen and oxygen atoms in total. The first-order valence-electron chi connectivity index (χ1n) is 13.6. The van der Waals surface area contributed by atoms with Gasteiger partial charge in [0.2, 0.25) is 5.82 Å². The molecule has 1 aliphatic rings. The molecule has 43 heavy (non-hydrogen) atoms. The number of fused-ring (bicyclic) bond motifs is 8. The number of hydrogen-bond donors (Lipinski definition) is 3. The van der Waals surface area contributed by atoms with Crippen molar-refractivity contribution >= 4 is 21.7 Å². The van der Waals surface area contributed by atoms with Crippen LogP contribution in [0.25, 0.3) is 22.3 Å². The first-order valence-corrected chi connectivity index (χ1v) is 15.0. The van der Waals surface area contributed by atoms with Crippen molar-refractivity contribution in [3.63, 3.8) is 0 Å². The molecule has 2 unspecified atom stereocenters. The van der Waals surface area contributed by atoms with E-state index in [2.05, 4.69) is 20.4 Å². The molecule has 0 saturated carbocycles. The van der Waals surface area contributed by atoms with E-state index in [-0.39, 0.29) is 59.5 Å². The van der Waals surface area contributed by atoms with E-state index in [9.17, 15) is 9.32 Å². The van der Waals surface area contributed by atoms with E-state index in [1.54, 1.807) is 19.2 Å². The number of aromatic nitrogens is 4. The highest BCUT2D eigenvalue weighted by molar-refractivity contribution is 7.84. The summed E-state index contributed by atoms with van der Waals surface area (Å²) in [6.45, 7) is 0.667. The lowest BCUT2D eigenvalue weighted by atomic mass is 10.0. The van der Waals surface area contributed by atoms with Crippen LogP contribution in [0.15, 0.2) is 54.7 Å². The van der Waals surface area contributed by atoms with Gasteiger partial charge in [-0.15, -0.1) is 0 Å². The van der Waals surface area contributed by atoms with Crippen molar-refractivity contribution in [3.8, 4) is 22.9 Å². The second-order valence-electron chi connectivity index (χ2n) is 10.1. The molecule has 3 aromatic carbocycles. The summed E-state index contributed by atoms with van der Waals surface area (Å²) in [4.78, 5) is 7.34. The highest BCUT2D eigenvalue weighted by atomic mass is 32.2. The van der Waals surface area contributed by atoms with Crippen molar-refractivity contribution in [1.82, 2.24) is 25.1 Å². The minimum atomic E-state index is -1.50. The molecule has 4 bridgehead atoms. The summed E-state index contributed by atoms with van der Waals surface area (Å²) < 4.78 is 71.8. The predicted molar refractivity (Wildman–Crippen MR) is 154 cm³/mol. The van der Waals surface area contributed by atoms with Gasteiger partial charge in [0.15, 0.2) is 23.2 Å². The van der Waals surface area contributed by atoms with Crippen LogP contribution < -0.4 is 10.1 Å². The van der Waals surface area contributed by atoms with Gasteiger partial charge in [-0.3, -0.25) is 4.21 Å². The number of aliphatic hydroxyl groups excluding tert-OH is 1. The van der Waals surface area contributed by atoms with Crippen LogP contribution in [0, 0.1) is 17.5 Å². The van der Waals surface area contributed by atoms with Crippen LogP contribution in [0.5, 0.6) is 11.5 Å². The number of ether oxygens (including phenoxy) is 2. The Bertz CT molecular complexity index is 1830. The van der Waals surface area contributed by atoms with Gasteiger partial charge in [-0.25, -0.2) is 18.4 Å². The molecule has 224 valence electrons. The quantitative estimate of drug-likeness (QED) is 0.267. The Morgan fingerprint density at radius 3 is 2.81 bits per heavy atom. The van der Waals surface area contributed by atoms with Crippen LogP contribution in [0.1, 0.15) is 28.6 Å². The van der Waals surface area contributed by atoms with Gasteiger partial charge in [0.1, 0.15) is 11.6 Å². The average molecular weight is 612 g/mol. The fourth-order valence-electron chi connectivity index (χ4n) is 5.13. The number of hydrogen-bond acceptors (Lipinski definition) is 7. The minimum Gasteiger partial charge on any atom is -0.454 e. The molecule has 3 heterocycles. The zero-order chi connectivity index (χ0) is 30.1. The molecule has 1 aliphatic heterocycles. The molecule has 5 aromatic rings. The van der Waals surface area contributed by atoms with Crippen LogP contribution in [0.2, 0.25) is 0 Å². The molecule has 2 atom stereocenters. The maximum Gasteiger partial charge on any atom is 0.203 e. The molecule has 6 rings (SSSR count). The van der Waals surface area contributed by atoms with Gasteiger partial charge in [-0.2, -0.15) is 9.49 Å². The number of aromatic amines is 1. The zero-order valence-electron chi connectivity index (χ0n) is 23.1. The number of H-pyrrole nitrogens is 1. The third kappa shape index (κ3) is 5.80. The fraction of sp³-hybridized carbons (Fsp3) is 0.267. The van der Waals surface area contributed by atoms with Crippen LogP contribution in [-0.4, -0.2) is 54.6 Å². The molecule has 0 radical (unpaired) electrons. The maximum atomic E-state index is 15.4. The minimum absolute atomic E-state index is 0.0240. The van der Waals surface area contributed by atoms with Crippen molar-refractivity contribution in [2.24, 2.45) is 7.05 Å². The van der Waals surface area contributed by atoms with Crippen molar-refractivity contribution < 1.29 is 32.0 Å². The molecule has 2 aromatic heterocycles. The van der Waals surface area contributed by atoms with E-state index in [1.807, 2.05) is 18.2 Å². The van der Waals surface area contributed by atoms with E-state index in [0.717, 1.165) is 11.6 Å². The SMILES string of the molecule is Cn1nc2nc1-c1cc(ccc1F)Oc1c(F)c(F)c3[nH]ccc3c1CS(=O)CCOCCNC2c1cccc(CO)c1. The van der Waals surface area contributed by atoms with E-state index in [0.29, 0.717) is 23.3 Å². The lowest BCUT2D eigenvalue weighted by Gasteiger charge is -2.17. The van der Waals surface area contributed by atoms with Crippen molar-refractivity contribution in [2.45, 2.75) is 18.4 Å². The summed E-state index contributed by atoms with van der Waals surface area (Å²) in [5.41, 5.74) is 1.66. The second-order valence-corrected chi connectivity index (χ2v) is 11.6. The Morgan fingerprint density at radius 1 is 1.12 bits per heavy atom. The van der Waals surface area contributed by atoms with E-state index in [1.165, 1.54) is 23.0 Å². The van der Waals surface area contributed by atoms with Crippen LogP contribution in [0.4, 0.5) is 13.2 Å². The van der Waals surface area contributed by atoms with E-state index < -0.39 is 40.0 Å². The molecule has 0 spiro atoms. The highest BCUT2D eigenvalue weighted by Gasteiger charge is 2.26. The van der Waals surface area contributed by atoms with Crippen molar-refractivity contribution in [3.05, 3.63) is 94.7 Å². The van der Waals surface area contributed by atoms with Crippen molar-refractivity contribution in [2.75, 3.05) is 25.5 Å². The Balaban J connectivity index is 1.47. The summed E-state index contributed by atoms with van der Waals surface area (Å²) in [6.07, 6.45) is 1.47. The Morgan fingerprint density at radius 2 is 1.98 bits per heavy atom. The Kier molecular flexibility index (Phi) is 8.30. The molecular weight excluding hydrogens is 583 g/mol. The molecule has 13 heteroatoms. The van der Waals surface area contributed by atoms with Crippen LogP contribution >= 0.6 is 0 Å². The number of aliphatic hydroxyl groups is 1. The van der Waals surface area contributed by atoms with Gasteiger partial charge in [-0.05, 0) is 35.4 Å². The van der Waals surface area contributed by atoms with Crippen molar-refractivity contribution in [1.29, 1.82) is 0 Å². The first kappa shape index (κ1) is 29.1. The molecule has 0 saturated heterocycles. The average Bonchev–Trinajstić information content (AvgIpc) is 3.65. The third-order valence-electron chi connectivity index (χ3n) is 7.22. The number of aryl methyl sites for hydroxylation is 1. The largest absolute Gasteiger partial charge is 0.454 e. The van der Waals surface area contributed by atoms with Gasteiger partial charge in [0.05, 0.1) is 42.7 Å². The summed E-state index contributed by atoms with van der Waals surface area (Å²) >= 11 is 0. The fourth-order valence-corrected chi connectivity index (χ4v) is 6.18. The second kappa shape index (κ2) is 12.3.